The van der Waals surface area contributed by atoms with Gasteiger partial charge in [-0.1, -0.05) is 35.5 Å². The van der Waals surface area contributed by atoms with Gasteiger partial charge in [-0.05, 0) is 31.2 Å². The Morgan fingerprint density at radius 3 is 2.45 bits per heavy atom. The maximum atomic E-state index is 12.7. The Labute approximate surface area is 184 Å². The molecule has 4 aromatic rings. The lowest BCUT2D eigenvalue weighted by molar-refractivity contribution is -0.137. The number of halogens is 3. The highest BCUT2D eigenvalue weighted by Crippen LogP contribution is 2.30. The first-order chi connectivity index (χ1) is 15.7. The molecule has 0 fully saturated rings. The van der Waals surface area contributed by atoms with Crippen molar-refractivity contribution in [2.24, 2.45) is 0 Å². The number of hydrogen-bond donors (Lipinski definition) is 0. The molecule has 0 bridgehead atoms. The second kappa shape index (κ2) is 8.69. The smallest absolute Gasteiger partial charge is 0.416 e. The van der Waals surface area contributed by atoms with Gasteiger partial charge in [-0.3, -0.25) is 4.79 Å². The van der Waals surface area contributed by atoms with Crippen LogP contribution in [0.25, 0.3) is 17.1 Å². The predicted molar refractivity (Wildman–Crippen MR) is 108 cm³/mol. The summed E-state index contributed by atoms with van der Waals surface area (Å²) in [5.41, 5.74) is -0.374. The molecule has 8 nitrogen and oxygen atoms in total. The van der Waals surface area contributed by atoms with Crippen LogP contribution in [0.15, 0.2) is 70.0 Å². The number of esters is 1. The van der Waals surface area contributed by atoms with Crippen LogP contribution in [0.2, 0.25) is 0 Å². The van der Waals surface area contributed by atoms with Crippen molar-refractivity contribution >= 4 is 5.97 Å². The largest absolute Gasteiger partial charge is 0.451 e. The lowest BCUT2D eigenvalue weighted by atomic mass is 10.1. The van der Waals surface area contributed by atoms with Crippen molar-refractivity contribution in [3.8, 4) is 17.1 Å². The number of hydrogen-bond acceptors (Lipinski definition) is 7. The summed E-state index contributed by atoms with van der Waals surface area (Å²) in [6, 6.07) is 14.4. The van der Waals surface area contributed by atoms with Crippen molar-refractivity contribution in [3.05, 3.63) is 93.7 Å². The maximum absolute atomic E-state index is 12.7. The van der Waals surface area contributed by atoms with Gasteiger partial charge in [0.15, 0.2) is 6.61 Å². The average molecular weight is 456 g/mol. The zero-order valence-electron chi connectivity index (χ0n) is 17.0. The van der Waals surface area contributed by atoms with Crippen molar-refractivity contribution in [2.45, 2.75) is 19.7 Å². The Hall–Kier alpha value is -4.28. The van der Waals surface area contributed by atoms with Crippen LogP contribution in [-0.2, 0) is 17.5 Å². The molecule has 0 aliphatic rings. The number of nitrogens with zero attached hydrogens (tertiary/aromatic N) is 4. The van der Waals surface area contributed by atoms with Gasteiger partial charge < -0.3 is 9.26 Å². The summed E-state index contributed by atoms with van der Waals surface area (Å²) in [5, 5.41) is 7.78. The van der Waals surface area contributed by atoms with Gasteiger partial charge in [0.05, 0.1) is 11.3 Å². The van der Waals surface area contributed by atoms with E-state index in [2.05, 4.69) is 15.2 Å². The van der Waals surface area contributed by atoms with Crippen LogP contribution in [0.1, 0.15) is 27.6 Å². The highest BCUT2D eigenvalue weighted by Gasteiger charge is 2.30. The van der Waals surface area contributed by atoms with Crippen LogP contribution >= 0.6 is 0 Å². The zero-order valence-corrected chi connectivity index (χ0v) is 17.0. The van der Waals surface area contributed by atoms with Crippen LogP contribution in [-0.4, -0.2) is 25.9 Å². The first-order valence-electron chi connectivity index (χ1n) is 9.56. The fourth-order valence-corrected chi connectivity index (χ4v) is 2.95. The fourth-order valence-electron chi connectivity index (χ4n) is 2.95. The number of benzene rings is 2. The summed E-state index contributed by atoms with van der Waals surface area (Å²) >= 11 is 0. The standard InChI is InChI=1S/C22H15F3N4O4/c1-13-11-17(30)19(27-29(13)16-5-3-2-4-6-16)21(31)32-12-18-26-20(28-33-18)14-7-9-15(10-8-14)22(23,24)25/h2-11H,12H2,1H3. The number of para-hydroxylation sites is 1. The van der Waals surface area contributed by atoms with Crippen LogP contribution in [0, 0.1) is 6.92 Å². The quantitative estimate of drug-likeness (QED) is 0.419. The first kappa shape index (κ1) is 21.9. The predicted octanol–water partition coefficient (Wildman–Crippen LogP) is 3.97. The minimum absolute atomic E-state index is 0.0228. The Kier molecular flexibility index (Phi) is 5.78. The summed E-state index contributed by atoms with van der Waals surface area (Å²) in [5.74, 6) is -1.07. The van der Waals surface area contributed by atoms with E-state index in [9.17, 15) is 22.8 Å². The summed E-state index contributed by atoms with van der Waals surface area (Å²) in [6.07, 6.45) is -4.46. The van der Waals surface area contributed by atoms with E-state index < -0.39 is 35.4 Å². The van der Waals surface area contributed by atoms with Crippen LogP contribution in [0.3, 0.4) is 0 Å². The molecule has 0 aliphatic carbocycles. The maximum Gasteiger partial charge on any atom is 0.416 e. The average Bonchev–Trinajstić information content (AvgIpc) is 3.27. The molecular formula is C22H15F3N4O4. The molecule has 0 aliphatic heterocycles. The molecule has 0 unspecified atom stereocenters. The third-order valence-electron chi connectivity index (χ3n) is 4.57. The molecule has 0 spiro atoms. The van der Waals surface area contributed by atoms with Crippen LogP contribution in [0.4, 0.5) is 13.2 Å². The van der Waals surface area contributed by atoms with Gasteiger partial charge in [-0.15, -0.1) is 0 Å². The topological polar surface area (TPSA) is 100 Å². The molecule has 2 aromatic heterocycles. The molecule has 0 radical (unpaired) electrons. The molecule has 168 valence electrons. The molecule has 2 heterocycles. The monoisotopic (exact) mass is 456 g/mol. The van der Waals surface area contributed by atoms with E-state index in [1.807, 2.05) is 6.07 Å². The molecule has 0 amide bonds. The Morgan fingerprint density at radius 2 is 1.79 bits per heavy atom. The minimum atomic E-state index is -4.46. The number of rotatable bonds is 5. The molecule has 0 atom stereocenters. The molecule has 11 heteroatoms. The minimum Gasteiger partial charge on any atom is -0.451 e. The van der Waals surface area contributed by atoms with Crippen molar-refractivity contribution in [2.75, 3.05) is 0 Å². The van der Waals surface area contributed by atoms with Crippen LogP contribution < -0.4 is 5.43 Å². The Morgan fingerprint density at radius 1 is 1.09 bits per heavy atom. The highest BCUT2D eigenvalue weighted by molar-refractivity contribution is 5.86. The van der Waals surface area contributed by atoms with Gasteiger partial charge >= 0.3 is 12.1 Å². The van der Waals surface area contributed by atoms with Crippen molar-refractivity contribution in [1.29, 1.82) is 0 Å². The third-order valence-corrected chi connectivity index (χ3v) is 4.57. The number of ether oxygens (including phenoxy) is 1. The summed E-state index contributed by atoms with van der Waals surface area (Å²) in [4.78, 5) is 28.7. The third kappa shape index (κ3) is 4.81. The lowest BCUT2D eigenvalue weighted by Gasteiger charge is -2.10. The van der Waals surface area contributed by atoms with E-state index in [0.29, 0.717) is 11.4 Å². The molecule has 33 heavy (non-hydrogen) atoms. The summed E-state index contributed by atoms with van der Waals surface area (Å²) < 4.78 is 49.6. The number of aryl methyl sites for hydroxylation is 1. The molecule has 2 aromatic carbocycles. The van der Waals surface area contributed by atoms with Crippen molar-refractivity contribution in [3.63, 3.8) is 0 Å². The van der Waals surface area contributed by atoms with E-state index in [0.717, 1.165) is 12.1 Å². The summed E-state index contributed by atoms with van der Waals surface area (Å²) in [6.45, 7) is 1.23. The number of carbonyl (C=O) groups excluding carboxylic acids is 1. The SMILES string of the molecule is Cc1cc(=O)c(C(=O)OCc2nc(-c3ccc(C(F)(F)F)cc3)no2)nn1-c1ccccc1. The Bertz CT molecular complexity index is 1350. The molecule has 0 saturated carbocycles. The van der Waals surface area contributed by atoms with Crippen LogP contribution in [0.5, 0.6) is 0 Å². The fraction of sp³-hybridized carbons (Fsp3) is 0.136. The number of aromatic nitrogens is 4. The Balaban J connectivity index is 1.48. The van der Waals surface area contributed by atoms with E-state index in [1.54, 1.807) is 31.2 Å². The van der Waals surface area contributed by atoms with Gasteiger partial charge in [0.25, 0.3) is 5.89 Å². The number of carbonyl (C=O) groups is 1. The van der Waals surface area contributed by atoms with Gasteiger partial charge in [0.2, 0.25) is 16.9 Å². The zero-order chi connectivity index (χ0) is 23.6. The molecule has 0 saturated heterocycles. The van der Waals surface area contributed by atoms with E-state index in [4.69, 9.17) is 9.26 Å². The van der Waals surface area contributed by atoms with Crippen molar-refractivity contribution in [1.82, 2.24) is 19.9 Å². The lowest BCUT2D eigenvalue weighted by Crippen LogP contribution is -2.24. The summed E-state index contributed by atoms with van der Waals surface area (Å²) in [7, 11) is 0. The van der Waals surface area contributed by atoms with Gasteiger partial charge in [0, 0.05) is 17.3 Å². The van der Waals surface area contributed by atoms with E-state index >= 15 is 0 Å². The van der Waals surface area contributed by atoms with Gasteiger partial charge in [-0.2, -0.15) is 23.3 Å². The first-order valence-corrected chi connectivity index (χ1v) is 9.56. The van der Waals surface area contributed by atoms with Gasteiger partial charge in [-0.25, -0.2) is 9.48 Å². The number of alkyl halides is 3. The molecule has 4 rings (SSSR count). The van der Waals surface area contributed by atoms with Gasteiger partial charge in [0.1, 0.15) is 0 Å². The van der Waals surface area contributed by atoms with E-state index in [1.165, 1.54) is 22.9 Å². The second-order valence-corrected chi connectivity index (χ2v) is 6.91. The normalized spacial score (nSPS) is 11.4. The van der Waals surface area contributed by atoms with E-state index in [-0.39, 0.29) is 17.3 Å². The molecular weight excluding hydrogens is 441 g/mol. The highest BCUT2D eigenvalue weighted by atomic mass is 19.4. The second-order valence-electron chi connectivity index (χ2n) is 6.91. The molecule has 0 N–H and O–H groups in total. The van der Waals surface area contributed by atoms with Crippen molar-refractivity contribution < 1.29 is 27.2 Å².